The van der Waals surface area contributed by atoms with Crippen LogP contribution in [0.3, 0.4) is 0 Å². The summed E-state index contributed by atoms with van der Waals surface area (Å²) in [7, 11) is 0. The van der Waals surface area contributed by atoms with E-state index in [0.717, 1.165) is 49.7 Å². The van der Waals surface area contributed by atoms with Gasteiger partial charge >= 0.3 is 0 Å². The van der Waals surface area contributed by atoms with Gasteiger partial charge in [0.15, 0.2) is 0 Å². The minimum absolute atomic E-state index is 0.357. The standard InChI is InChI=1S/C15H23NO3/c1-12-4-3-5-13(2)15(12)19-11-14(17)10-16-6-8-18-9-7-16/h3-5,14,17H,6-11H2,1-2H3/p+1/t14-/m1/s1. The Balaban J connectivity index is 1.81. The zero-order valence-corrected chi connectivity index (χ0v) is 11.8. The van der Waals surface area contributed by atoms with E-state index in [0.29, 0.717) is 6.61 Å². The fraction of sp³-hybridized carbons (Fsp3) is 0.600. The monoisotopic (exact) mass is 266 g/mol. The molecule has 1 aliphatic rings. The number of nitrogens with one attached hydrogen (secondary N) is 1. The van der Waals surface area contributed by atoms with Crippen molar-refractivity contribution >= 4 is 0 Å². The summed E-state index contributed by atoms with van der Waals surface area (Å²) in [6.07, 6.45) is -0.424. The third-order valence-corrected chi connectivity index (χ3v) is 3.55. The molecule has 1 aromatic rings. The van der Waals surface area contributed by atoms with E-state index in [1.807, 2.05) is 32.0 Å². The van der Waals surface area contributed by atoms with E-state index in [1.54, 1.807) is 0 Å². The summed E-state index contributed by atoms with van der Waals surface area (Å²) in [6, 6.07) is 6.08. The highest BCUT2D eigenvalue weighted by atomic mass is 16.5. The maximum absolute atomic E-state index is 10.1. The number of para-hydroxylation sites is 1. The number of hydrogen-bond donors (Lipinski definition) is 2. The molecule has 106 valence electrons. The third-order valence-electron chi connectivity index (χ3n) is 3.55. The first-order valence-corrected chi connectivity index (χ1v) is 6.95. The second-order valence-electron chi connectivity index (χ2n) is 5.25. The zero-order chi connectivity index (χ0) is 13.7. The maximum atomic E-state index is 10.1. The number of hydrogen-bond acceptors (Lipinski definition) is 3. The molecule has 1 fully saturated rings. The predicted molar refractivity (Wildman–Crippen MR) is 73.8 cm³/mol. The first kappa shape index (κ1) is 14.3. The number of aliphatic hydroxyl groups excluding tert-OH is 1. The molecule has 4 heteroatoms. The number of quaternary nitrogens is 1. The molecule has 0 unspecified atom stereocenters. The predicted octanol–water partition coefficient (Wildman–Crippen LogP) is -0.0418. The van der Waals surface area contributed by atoms with Crippen LogP contribution in [0.2, 0.25) is 0 Å². The van der Waals surface area contributed by atoms with Gasteiger partial charge in [0, 0.05) is 0 Å². The Hall–Kier alpha value is -1.10. The lowest BCUT2D eigenvalue weighted by molar-refractivity contribution is -0.911. The van der Waals surface area contributed by atoms with Crippen LogP contribution < -0.4 is 9.64 Å². The Bertz CT molecular complexity index is 382. The summed E-state index contributed by atoms with van der Waals surface area (Å²) in [4.78, 5) is 1.39. The van der Waals surface area contributed by atoms with Crippen LogP contribution in [0.15, 0.2) is 18.2 Å². The van der Waals surface area contributed by atoms with Crippen LogP contribution in [0, 0.1) is 13.8 Å². The van der Waals surface area contributed by atoms with Crippen molar-refractivity contribution < 1.29 is 19.5 Å². The summed E-state index contributed by atoms with van der Waals surface area (Å²) >= 11 is 0. The van der Waals surface area contributed by atoms with Crippen molar-refractivity contribution in [1.29, 1.82) is 0 Å². The van der Waals surface area contributed by atoms with Crippen molar-refractivity contribution in [2.24, 2.45) is 0 Å². The van der Waals surface area contributed by atoms with Gasteiger partial charge in [0.2, 0.25) is 0 Å². The van der Waals surface area contributed by atoms with Crippen LogP contribution in [-0.2, 0) is 4.74 Å². The molecule has 4 nitrogen and oxygen atoms in total. The molecule has 0 aromatic heterocycles. The lowest BCUT2D eigenvalue weighted by atomic mass is 10.1. The van der Waals surface area contributed by atoms with Gasteiger partial charge in [-0.3, -0.25) is 0 Å². The molecular weight excluding hydrogens is 242 g/mol. The van der Waals surface area contributed by atoms with Gasteiger partial charge in [0.1, 0.15) is 38.1 Å². The van der Waals surface area contributed by atoms with E-state index in [4.69, 9.17) is 9.47 Å². The van der Waals surface area contributed by atoms with Crippen molar-refractivity contribution in [3.05, 3.63) is 29.3 Å². The number of morpholine rings is 1. The molecule has 0 saturated carbocycles. The third kappa shape index (κ3) is 4.20. The molecule has 1 aliphatic heterocycles. The van der Waals surface area contributed by atoms with Crippen molar-refractivity contribution in [2.45, 2.75) is 20.0 Å². The van der Waals surface area contributed by atoms with Crippen LogP contribution in [0.25, 0.3) is 0 Å². The van der Waals surface area contributed by atoms with Crippen molar-refractivity contribution in [3.63, 3.8) is 0 Å². The zero-order valence-electron chi connectivity index (χ0n) is 11.8. The van der Waals surface area contributed by atoms with E-state index < -0.39 is 6.10 Å². The van der Waals surface area contributed by atoms with Crippen LogP contribution >= 0.6 is 0 Å². The SMILES string of the molecule is Cc1cccc(C)c1OC[C@H](O)C[NH+]1CCOCC1. The van der Waals surface area contributed by atoms with Crippen molar-refractivity contribution in [1.82, 2.24) is 0 Å². The summed E-state index contributed by atoms with van der Waals surface area (Å²) < 4.78 is 11.1. The second kappa shape index (κ2) is 6.89. The topological polar surface area (TPSA) is 43.1 Å². The molecule has 0 bridgehead atoms. The Morgan fingerprint density at radius 3 is 2.53 bits per heavy atom. The number of aryl methyl sites for hydroxylation is 2. The summed E-state index contributed by atoms with van der Waals surface area (Å²) in [5.41, 5.74) is 2.23. The summed E-state index contributed by atoms with van der Waals surface area (Å²) in [5, 5.41) is 10.1. The lowest BCUT2D eigenvalue weighted by Crippen LogP contribution is -3.15. The molecule has 1 heterocycles. The molecule has 2 rings (SSSR count). The molecular formula is C15H24NO3+. The number of rotatable bonds is 5. The van der Waals surface area contributed by atoms with Gasteiger partial charge < -0.3 is 19.5 Å². The van der Waals surface area contributed by atoms with E-state index in [-0.39, 0.29) is 0 Å². The fourth-order valence-corrected chi connectivity index (χ4v) is 2.46. The average molecular weight is 266 g/mol. The number of ether oxygens (including phenoxy) is 2. The Kier molecular flexibility index (Phi) is 5.19. The molecule has 1 saturated heterocycles. The van der Waals surface area contributed by atoms with Gasteiger partial charge in [0.25, 0.3) is 0 Å². The first-order chi connectivity index (χ1) is 9.16. The minimum atomic E-state index is -0.424. The van der Waals surface area contributed by atoms with E-state index in [2.05, 4.69) is 0 Å². The Morgan fingerprint density at radius 1 is 1.26 bits per heavy atom. The molecule has 0 aliphatic carbocycles. The fourth-order valence-electron chi connectivity index (χ4n) is 2.46. The van der Waals surface area contributed by atoms with Crippen LogP contribution in [0.5, 0.6) is 5.75 Å². The molecule has 0 amide bonds. The van der Waals surface area contributed by atoms with Crippen LogP contribution in [0.1, 0.15) is 11.1 Å². The Labute approximate surface area is 114 Å². The lowest BCUT2D eigenvalue weighted by Gasteiger charge is -2.26. The van der Waals surface area contributed by atoms with E-state index in [9.17, 15) is 5.11 Å². The minimum Gasteiger partial charge on any atom is -0.490 e. The van der Waals surface area contributed by atoms with Gasteiger partial charge in [-0.1, -0.05) is 18.2 Å². The highest BCUT2D eigenvalue weighted by Gasteiger charge is 2.19. The largest absolute Gasteiger partial charge is 0.490 e. The molecule has 1 aromatic carbocycles. The highest BCUT2D eigenvalue weighted by molar-refractivity contribution is 5.39. The van der Waals surface area contributed by atoms with Crippen molar-refractivity contribution in [2.75, 3.05) is 39.5 Å². The Morgan fingerprint density at radius 2 is 1.89 bits per heavy atom. The maximum Gasteiger partial charge on any atom is 0.137 e. The molecule has 2 N–H and O–H groups in total. The summed E-state index contributed by atoms with van der Waals surface area (Å²) in [5.74, 6) is 0.901. The van der Waals surface area contributed by atoms with Gasteiger partial charge in [-0.25, -0.2) is 0 Å². The first-order valence-electron chi connectivity index (χ1n) is 6.95. The van der Waals surface area contributed by atoms with E-state index >= 15 is 0 Å². The van der Waals surface area contributed by atoms with Crippen LogP contribution in [0.4, 0.5) is 0 Å². The van der Waals surface area contributed by atoms with E-state index in [1.165, 1.54) is 4.90 Å². The van der Waals surface area contributed by atoms with Gasteiger partial charge in [0.05, 0.1) is 13.2 Å². The van der Waals surface area contributed by atoms with Gasteiger partial charge in [-0.15, -0.1) is 0 Å². The van der Waals surface area contributed by atoms with Crippen molar-refractivity contribution in [3.8, 4) is 5.75 Å². The molecule has 1 atom stereocenters. The number of benzene rings is 1. The summed E-state index contributed by atoms with van der Waals surface area (Å²) in [6.45, 7) is 8.68. The smallest absolute Gasteiger partial charge is 0.137 e. The molecule has 0 radical (unpaired) electrons. The van der Waals surface area contributed by atoms with Gasteiger partial charge in [-0.05, 0) is 25.0 Å². The highest BCUT2D eigenvalue weighted by Crippen LogP contribution is 2.22. The van der Waals surface area contributed by atoms with Crippen LogP contribution in [-0.4, -0.2) is 50.7 Å². The average Bonchev–Trinajstić information content (AvgIpc) is 2.39. The molecule has 19 heavy (non-hydrogen) atoms. The van der Waals surface area contributed by atoms with Gasteiger partial charge in [-0.2, -0.15) is 0 Å². The molecule has 0 spiro atoms. The second-order valence-corrected chi connectivity index (χ2v) is 5.25. The quantitative estimate of drug-likeness (QED) is 0.786. The normalized spacial score (nSPS) is 18.3. The number of aliphatic hydroxyl groups is 1.